The largest absolute Gasteiger partial charge is 0.280 e. The van der Waals surface area contributed by atoms with Gasteiger partial charge in [0, 0.05) is 11.9 Å². The van der Waals surface area contributed by atoms with Crippen LogP contribution in [0.2, 0.25) is 0 Å². The summed E-state index contributed by atoms with van der Waals surface area (Å²) in [6.07, 6.45) is 5.34. The third-order valence-corrected chi connectivity index (χ3v) is 4.81. The van der Waals surface area contributed by atoms with Gasteiger partial charge in [0.1, 0.15) is 10.7 Å². The fourth-order valence-corrected chi connectivity index (χ4v) is 3.36. The van der Waals surface area contributed by atoms with Crippen LogP contribution in [0.5, 0.6) is 0 Å². The zero-order chi connectivity index (χ0) is 17.7. The van der Waals surface area contributed by atoms with Gasteiger partial charge >= 0.3 is 0 Å². The lowest BCUT2D eigenvalue weighted by Gasteiger charge is -2.09. The van der Waals surface area contributed by atoms with Gasteiger partial charge in [0.2, 0.25) is 0 Å². The number of anilines is 1. The van der Waals surface area contributed by atoms with Crippen molar-refractivity contribution in [3.8, 4) is 0 Å². The first kappa shape index (κ1) is 16.9. The van der Waals surface area contributed by atoms with Crippen molar-refractivity contribution in [1.82, 2.24) is 4.98 Å². The Balaban J connectivity index is 1.82. The van der Waals surface area contributed by atoms with E-state index in [9.17, 15) is 12.8 Å². The molecule has 0 bridgehead atoms. The monoisotopic (exact) mass is 354 g/mol. The SMILES string of the molecule is O=S(=O)(Nc1cccc(/C=C/c2ccccn2)c1)c1ccccc1F. The van der Waals surface area contributed by atoms with Crippen LogP contribution in [0.3, 0.4) is 0 Å². The van der Waals surface area contributed by atoms with Crippen molar-refractivity contribution >= 4 is 27.9 Å². The Kier molecular flexibility index (Phi) is 4.90. The predicted molar refractivity (Wildman–Crippen MR) is 96.8 cm³/mol. The van der Waals surface area contributed by atoms with E-state index in [2.05, 4.69) is 9.71 Å². The van der Waals surface area contributed by atoms with Crippen molar-refractivity contribution in [3.63, 3.8) is 0 Å². The molecule has 1 aromatic heterocycles. The van der Waals surface area contributed by atoms with E-state index in [1.807, 2.05) is 36.4 Å². The predicted octanol–water partition coefficient (Wildman–Crippen LogP) is 4.19. The first-order chi connectivity index (χ1) is 12.0. The molecule has 0 aliphatic rings. The maximum Gasteiger partial charge on any atom is 0.264 e. The Morgan fingerprint density at radius 1 is 0.920 bits per heavy atom. The molecule has 0 aliphatic heterocycles. The van der Waals surface area contributed by atoms with Gasteiger partial charge in [-0.3, -0.25) is 9.71 Å². The Morgan fingerprint density at radius 2 is 1.72 bits per heavy atom. The molecule has 6 heteroatoms. The lowest BCUT2D eigenvalue weighted by Crippen LogP contribution is -2.14. The van der Waals surface area contributed by atoms with E-state index in [1.54, 1.807) is 24.4 Å². The molecule has 0 unspecified atom stereocenters. The molecule has 126 valence electrons. The van der Waals surface area contributed by atoms with Gasteiger partial charge in [0.15, 0.2) is 0 Å². The van der Waals surface area contributed by atoms with Crippen molar-refractivity contribution < 1.29 is 12.8 Å². The molecule has 3 rings (SSSR count). The number of nitrogens with zero attached hydrogens (tertiary/aromatic N) is 1. The van der Waals surface area contributed by atoms with Crippen molar-refractivity contribution in [2.24, 2.45) is 0 Å². The van der Waals surface area contributed by atoms with E-state index in [4.69, 9.17) is 0 Å². The summed E-state index contributed by atoms with van der Waals surface area (Å²) in [7, 11) is -3.99. The second-order valence-electron chi connectivity index (χ2n) is 5.25. The number of rotatable bonds is 5. The molecule has 0 spiro atoms. The van der Waals surface area contributed by atoms with Crippen LogP contribution >= 0.6 is 0 Å². The molecule has 25 heavy (non-hydrogen) atoms. The molecular formula is C19H15FN2O2S. The van der Waals surface area contributed by atoms with Crippen LogP contribution in [0.1, 0.15) is 11.3 Å². The number of sulfonamides is 1. The summed E-state index contributed by atoms with van der Waals surface area (Å²) in [5.41, 5.74) is 1.94. The van der Waals surface area contributed by atoms with Gasteiger partial charge in [-0.1, -0.05) is 36.4 Å². The van der Waals surface area contributed by atoms with Crippen LogP contribution < -0.4 is 4.72 Å². The summed E-state index contributed by atoms with van der Waals surface area (Å²) < 4.78 is 40.8. The van der Waals surface area contributed by atoms with Gasteiger partial charge in [-0.05, 0) is 48.0 Å². The van der Waals surface area contributed by atoms with Crippen LogP contribution in [-0.2, 0) is 10.0 Å². The lowest BCUT2D eigenvalue weighted by molar-refractivity contribution is 0.570. The van der Waals surface area contributed by atoms with Crippen molar-refractivity contribution in [2.75, 3.05) is 4.72 Å². The first-order valence-corrected chi connectivity index (χ1v) is 8.99. The van der Waals surface area contributed by atoms with Gasteiger partial charge < -0.3 is 0 Å². The molecule has 4 nitrogen and oxygen atoms in total. The number of aromatic nitrogens is 1. The van der Waals surface area contributed by atoms with Crippen LogP contribution in [0.25, 0.3) is 12.2 Å². The fourth-order valence-electron chi connectivity index (χ4n) is 2.23. The minimum Gasteiger partial charge on any atom is -0.280 e. The molecule has 0 saturated heterocycles. The van der Waals surface area contributed by atoms with E-state index in [-0.39, 0.29) is 4.90 Å². The summed E-state index contributed by atoms with van der Waals surface area (Å²) in [6, 6.07) is 17.7. The third-order valence-electron chi connectivity index (χ3n) is 3.40. The molecule has 2 aromatic carbocycles. The zero-order valence-electron chi connectivity index (χ0n) is 13.1. The molecule has 1 heterocycles. The molecule has 0 fully saturated rings. The number of halogens is 1. The second kappa shape index (κ2) is 7.27. The van der Waals surface area contributed by atoms with E-state index < -0.39 is 15.8 Å². The molecule has 0 radical (unpaired) electrons. The highest BCUT2D eigenvalue weighted by atomic mass is 32.2. The van der Waals surface area contributed by atoms with Gasteiger partial charge in [-0.25, -0.2) is 12.8 Å². The third kappa shape index (κ3) is 4.30. The number of benzene rings is 2. The summed E-state index contributed by atoms with van der Waals surface area (Å²) in [4.78, 5) is 3.80. The van der Waals surface area contributed by atoms with Crippen molar-refractivity contribution in [2.45, 2.75) is 4.90 Å². The summed E-state index contributed by atoms with van der Waals surface area (Å²) in [5.74, 6) is -0.791. The number of hydrogen-bond acceptors (Lipinski definition) is 3. The first-order valence-electron chi connectivity index (χ1n) is 7.51. The Hall–Kier alpha value is -2.99. The van der Waals surface area contributed by atoms with Gasteiger partial charge in [0.25, 0.3) is 10.0 Å². The fraction of sp³-hybridized carbons (Fsp3) is 0. The molecule has 0 amide bonds. The Bertz CT molecular complexity index is 1000. The number of nitrogens with one attached hydrogen (secondary N) is 1. The summed E-state index contributed by atoms with van der Waals surface area (Å²) in [6.45, 7) is 0. The normalized spacial score (nSPS) is 11.6. The molecule has 1 N–H and O–H groups in total. The van der Waals surface area contributed by atoms with E-state index in [0.29, 0.717) is 5.69 Å². The number of hydrogen-bond donors (Lipinski definition) is 1. The Morgan fingerprint density at radius 3 is 2.48 bits per heavy atom. The smallest absolute Gasteiger partial charge is 0.264 e. The maximum atomic E-state index is 13.7. The lowest BCUT2D eigenvalue weighted by atomic mass is 10.2. The standard InChI is InChI=1S/C19H15FN2O2S/c20-18-9-1-2-10-19(18)25(23,24)22-17-8-5-6-15(14-17)11-12-16-7-3-4-13-21-16/h1-14,22H/b12-11+. The van der Waals surface area contributed by atoms with Crippen LogP contribution in [0.4, 0.5) is 10.1 Å². The van der Waals surface area contributed by atoms with Gasteiger partial charge in [-0.2, -0.15) is 0 Å². The van der Waals surface area contributed by atoms with Crippen LogP contribution in [-0.4, -0.2) is 13.4 Å². The highest BCUT2D eigenvalue weighted by molar-refractivity contribution is 7.92. The van der Waals surface area contributed by atoms with E-state index >= 15 is 0 Å². The molecular weight excluding hydrogens is 339 g/mol. The quantitative estimate of drug-likeness (QED) is 0.747. The average Bonchev–Trinajstić information content (AvgIpc) is 2.61. The van der Waals surface area contributed by atoms with Crippen LogP contribution in [0, 0.1) is 5.82 Å². The van der Waals surface area contributed by atoms with Crippen molar-refractivity contribution in [1.29, 1.82) is 0 Å². The molecule has 0 saturated carbocycles. The summed E-state index contributed by atoms with van der Waals surface area (Å²) >= 11 is 0. The van der Waals surface area contributed by atoms with E-state index in [0.717, 1.165) is 17.3 Å². The van der Waals surface area contributed by atoms with Crippen molar-refractivity contribution in [3.05, 3.63) is 90.0 Å². The Labute approximate surface area is 145 Å². The summed E-state index contributed by atoms with van der Waals surface area (Å²) in [5, 5.41) is 0. The number of pyridine rings is 1. The highest BCUT2D eigenvalue weighted by Gasteiger charge is 2.18. The second-order valence-corrected chi connectivity index (χ2v) is 6.90. The maximum absolute atomic E-state index is 13.7. The molecule has 3 aromatic rings. The molecule has 0 aliphatic carbocycles. The van der Waals surface area contributed by atoms with E-state index in [1.165, 1.54) is 18.2 Å². The van der Waals surface area contributed by atoms with Crippen LogP contribution in [0.15, 0.2) is 77.8 Å². The highest BCUT2D eigenvalue weighted by Crippen LogP contribution is 2.20. The topological polar surface area (TPSA) is 59.1 Å². The molecule has 0 atom stereocenters. The average molecular weight is 354 g/mol. The van der Waals surface area contributed by atoms with Gasteiger partial charge in [0.05, 0.1) is 5.69 Å². The van der Waals surface area contributed by atoms with Gasteiger partial charge in [-0.15, -0.1) is 0 Å². The minimum absolute atomic E-state index is 0.353. The zero-order valence-corrected chi connectivity index (χ0v) is 13.9. The minimum atomic E-state index is -3.99.